The number of hydrogen-bond acceptors (Lipinski definition) is 3. The number of carbonyl (C=O) groups excluding carboxylic acids is 1. The lowest BCUT2D eigenvalue weighted by Crippen LogP contribution is -2.07. The van der Waals surface area contributed by atoms with Crippen LogP contribution in [-0.2, 0) is 9.53 Å². The summed E-state index contributed by atoms with van der Waals surface area (Å²) < 4.78 is 5.34. The second-order valence-corrected chi connectivity index (χ2v) is 3.77. The van der Waals surface area contributed by atoms with Gasteiger partial charge in [-0.2, -0.15) is 0 Å². The molecule has 0 aliphatic rings. The second kappa shape index (κ2) is 5.12. The van der Waals surface area contributed by atoms with Gasteiger partial charge >= 0.3 is 5.97 Å². The fourth-order valence-electron chi connectivity index (χ4n) is 1.07. The summed E-state index contributed by atoms with van der Waals surface area (Å²) in [6, 6.07) is 7.19. The predicted molar refractivity (Wildman–Crippen MR) is 55.7 cm³/mol. The molecule has 0 saturated carbocycles. The maximum absolute atomic E-state index is 10.9. The quantitative estimate of drug-likeness (QED) is 0.845. The molecule has 0 radical (unpaired) electrons. The maximum atomic E-state index is 10.9. The van der Waals surface area contributed by atoms with Gasteiger partial charge in [0, 0.05) is 4.47 Å². The molecular weight excluding hydrogens is 248 g/mol. The Kier molecular flexibility index (Phi) is 4.10. The van der Waals surface area contributed by atoms with Crippen molar-refractivity contribution in [3.8, 4) is 0 Å². The third-order valence-electron chi connectivity index (χ3n) is 1.82. The lowest BCUT2D eigenvalue weighted by Gasteiger charge is -2.09. The van der Waals surface area contributed by atoms with E-state index in [4.69, 9.17) is 0 Å². The van der Waals surface area contributed by atoms with E-state index < -0.39 is 12.1 Å². The third kappa shape index (κ3) is 3.12. The molecule has 0 fully saturated rings. The molecule has 0 aliphatic carbocycles. The molecule has 1 aromatic rings. The number of carbonyl (C=O) groups is 1. The van der Waals surface area contributed by atoms with Crippen molar-refractivity contribution in [1.82, 2.24) is 0 Å². The average Bonchev–Trinajstić information content (AvgIpc) is 2.17. The Morgan fingerprint density at radius 1 is 1.64 bits per heavy atom. The minimum absolute atomic E-state index is 0.0209. The number of methoxy groups -OCH3 is 1. The van der Waals surface area contributed by atoms with Crippen molar-refractivity contribution >= 4 is 21.9 Å². The highest BCUT2D eigenvalue weighted by atomic mass is 79.9. The molecule has 14 heavy (non-hydrogen) atoms. The van der Waals surface area contributed by atoms with Crippen molar-refractivity contribution in [3.05, 3.63) is 34.3 Å². The summed E-state index contributed by atoms with van der Waals surface area (Å²) in [5.41, 5.74) is 0.699. The summed E-state index contributed by atoms with van der Waals surface area (Å²) in [7, 11) is 1.30. The monoisotopic (exact) mass is 258 g/mol. The summed E-state index contributed by atoms with van der Waals surface area (Å²) in [5.74, 6) is -0.419. The molecule has 76 valence electrons. The van der Waals surface area contributed by atoms with E-state index in [1.54, 1.807) is 18.2 Å². The molecule has 4 heteroatoms. The molecule has 0 spiro atoms. The van der Waals surface area contributed by atoms with Gasteiger partial charge in [0.05, 0.1) is 19.6 Å². The average molecular weight is 259 g/mol. The summed E-state index contributed by atoms with van der Waals surface area (Å²) in [5, 5.41) is 9.62. The molecule has 0 amide bonds. The lowest BCUT2D eigenvalue weighted by atomic mass is 10.1. The van der Waals surface area contributed by atoms with Crippen LogP contribution in [0.1, 0.15) is 18.1 Å². The first kappa shape index (κ1) is 11.2. The van der Waals surface area contributed by atoms with Crippen LogP contribution in [-0.4, -0.2) is 18.2 Å². The van der Waals surface area contributed by atoms with Crippen LogP contribution in [0, 0.1) is 0 Å². The third-order valence-corrected chi connectivity index (χ3v) is 2.31. The summed E-state index contributed by atoms with van der Waals surface area (Å²) in [6.07, 6.45) is -0.826. The van der Waals surface area contributed by atoms with E-state index in [2.05, 4.69) is 20.7 Å². The van der Waals surface area contributed by atoms with E-state index in [1.807, 2.05) is 6.07 Å². The van der Waals surface area contributed by atoms with Gasteiger partial charge in [-0.25, -0.2) is 0 Å². The molecular formula is C10H11BrO3. The van der Waals surface area contributed by atoms with E-state index in [9.17, 15) is 9.90 Å². The number of esters is 1. The maximum Gasteiger partial charge on any atom is 0.308 e. The molecule has 0 bridgehead atoms. The van der Waals surface area contributed by atoms with Gasteiger partial charge in [-0.05, 0) is 17.7 Å². The topological polar surface area (TPSA) is 46.5 Å². The Bertz CT molecular complexity index is 325. The normalized spacial score (nSPS) is 12.2. The minimum atomic E-state index is -0.806. The van der Waals surface area contributed by atoms with Gasteiger partial charge in [0.2, 0.25) is 0 Å². The van der Waals surface area contributed by atoms with Crippen LogP contribution >= 0.6 is 15.9 Å². The number of ether oxygens (including phenoxy) is 1. The molecule has 3 nitrogen and oxygen atoms in total. The Labute approximate surface area is 90.8 Å². The lowest BCUT2D eigenvalue weighted by molar-refractivity contribution is -0.142. The fraction of sp³-hybridized carbons (Fsp3) is 0.300. The number of hydrogen-bond donors (Lipinski definition) is 1. The van der Waals surface area contributed by atoms with Gasteiger partial charge in [0.25, 0.3) is 0 Å². The smallest absolute Gasteiger partial charge is 0.308 e. The number of halogens is 1. The molecule has 1 aromatic carbocycles. The van der Waals surface area contributed by atoms with E-state index in [0.29, 0.717) is 5.56 Å². The highest BCUT2D eigenvalue weighted by Gasteiger charge is 2.12. The number of aliphatic hydroxyl groups excluding tert-OH is 1. The van der Waals surface area contributed by atoms with Crippen LogP contribution in [0.15, 0.2) is 28.7 Å². The first-order valence-corrected chi connectivity index (χ1v) is 4.93. The Balaban J connectivity index is 2.69. The standard InChI is InChI=1S/C10H11BrO3/c1-14-10(13)6-9(12)7-3-2-4-8(11)5-7/h2-5,9,12H,6H2,1H3/t9-/m1/s1. The largest absolute Gasteiger partial charge is 0.469 e. The van der Waals surface area contributed by atoms with Crippen molar-refractivity contribution in [2.75, 3.05) is 7.11 Å². The number of aliphatic hydroxyl groups is 1. The van der Waals surface area contributed by atoms with Crippen LogP contribution in [0.25, 0.3) is 0 Å². The molecule has 1 atom stereocenters. The van der Waals surface area contributed by atoms with Crippen molar-refractivity contribution in [1.29, 1.82) is 0 Å². The van der Waals surface area contributed by atoms with Crippen LogP contribution in [0.3, 0.4) is 0 Å². The van der Waals surface area contributed by atoms with E-state index in [-0.39, 0.29) is 6.42 Å². The summed E-state index contributed by atoms with van der Waals surface area (Å²) in [4.78, 5) is 10.9. The zero-order valence-electron chi connectivity index (χ0n) is 7.74. The van der Waals surface area contributed by atoms with Crippen LogP contribution in [0.5, 0.6) is 0 Å². The molecule has 0 aromatic heterocycles. The van der Waals surface area contributed by atoms with Gasteiger partial charge in [0.1, 0.15) is 0 Å². The molecule has 1 N–H and O–H groups in total. The second-order valence-electron chi connectivity index (χ2n) is 2.85. The van der Waals surface area contributed by atoms with E-state index in [0.717, 1.165) is 4.47 Å². The zero-order chi connectivity index (χ0) is 10.6. The molecule has 1 rings (SSSR count). The first-order chi connectivity index (χ1) is 6.63. The zero-order valence-corrected chi connectivity index (χ0v) is 9.32. The number of rotatable bonds is 3. The van der Waals surface area contributed by atoms with Gasteiger partial charge in [-0.15, -0.1) is 0 Å². The van der Waals surface area contributed by atoms with E-state index >= 15 is 0 Å². The Morgan fingerprint density at radius 3 is 2.93 bits per heavy atom. The predicted octanol–water partition coefficient (Wildman–Crippen LogP) is 2.05. The highest BCUT2D eigenvalue weighted by molar-refractivity contribution is 9.10. The molecule has 0 heterocycles. The van der Waals surface area contributed by atoms with Crippen LogP contribution < -0.4 is 0 Å². The minimum Gasteiger partial charge on any atom is -0.469 e. The molecule has 0 saturated heterocycles. The van der Waals surface area contributed by atoms with Crippen molar-refractivity contribution in [2.24, 2.45) is 0 Å². The summed E-state index contributed by atoms with van der Waals surface area (Å²) >= 11 is 3.29. The van der Waals surface area contributed by atoms with Crippen molar-refractivity contribution in [3.63, 3.8) is 0 Å². The number of benzene rings is 1. The van der Waals surface area contributed by atoms with Crippen LogP contribution in [0.4, 0.5) is 0 Å². The van der Waals surface area contributed by atoms with Gasteiger partial charge in [0.15, 0.2) is 0 Å². The SMILES string of the molecule is COC(=O)C[C@@H](O)c1cccc(Br)c1. The van der Waals surface area contributed by atoms with Crippen molar-refractivity contribution in [2.45, 2.75) is 12.5 Å². The van der Waals surface area contributed by atoms with Gasteiger partial charge in [-0.1, -0.05) is 28.1 Å². The first-order valence-electron chi connectivity index (χ1n) is 4.14. The highest BCUT2D eigenvalue weighted by Crippen LogP contribution is 2.20. The van der Waals surface area contributed by atoms with Crippen molar-refractivity contribution < 1.29 is 14.6 Å². The van der Waals surface area contributed by atoms with Gasteiger partial charge in [-0.3, -0.25) is 4.79 Å². The summed E-state index contributed by atoms with van der Waals surface area (Å²) in [6.45, 7) is 0. The van der Waals surface area contributed by atoms with Crippen LogP contribution in [0.2, 0.25) is 0 Å². The Morgan fingerprint density at radius 2 is 2.36 bits per heavy atom. The Hall–Kier alpha value is -0.870. The molecule has 0 unspecified atom stereocenters. The fourth-order valence-corrected chi connectivity index (χ4v) is 1.49. The van der Waals surface area contributed by atoms with Gasteiger partial charge < -0.3 is 9.84 Å². The van der Waals surface area contributed by atoms with E-state index in [1.165, 1.54) is 7.11 Å². The molecule has 0 aliphatic heterocycles.